The molecule has 0 spiro atoms. The lowest BCUT2D eigenvalue weighted by Crippen LogP contribution is -2.42. The number of aliphatic hydroxyl groups excluding tert-OH is 1. The van der Waals surface area contributed by atoms with E-state index in [1.165, 1.54) is 20.1 Å². The second-order valence-electron chi connectivity index (χ2n) is 6.52. The molecule has 0 bridgehead atoms. The molecule has 1 aliphatic carbocycles. The molecule has 3 rings (SSSR count). The number of nitrogens with one attached hydrogen (secondary N) is 1. The molecule has 7 heteroatoms. The minimum absolute atomic E-state index is 0.0416. The van der Waals surface area contributed by atoms with Crippen LogP contribution in [0.2, 0.25) is 0 Å². The topological polar surface area (TPSA) is 71.5 Å². The van der Waals surface area contributed by atoms with Crippen molar-refractivity contribution in [3.8, 4) is 5.88 Å². The second kappa shape index (κ2) is 7.37. The quantitative estimate of drug-likeness (QED) is 0.858. The molecule has 1 fully saturated rings. The van der Waals surface area contributed by atoms with Gasteiger partial charge in [-0.15, -0.1) is 0 Å². The lowest BCUT2D eigenvalue weighted by Gasteiger charge is -2.38. The van der Waals surface area contributed by atoms with Crippen molar-refractivity contribution in [2.45, 2.75) is 31.9 Å². The molecule has 138 valence electrons. The van der Waals surface area contributed by atoms with Crippen molar-refractivity contribution in [3.05, 3.63) is 58.8 Å². The van der Waals surface area contributed by atoms with Crippen LogP contribution in [0.1, 0.15) is 40.4 Å². The summed E-state index contributed by atoms with van der Waals surface area (Å²) in [5.41, 5.74) is 0.277. The number of aromatic nitrogens is 1. The molecule has 0 radical (unpaired) electrons. The molecule has 1 amide bonds. The first-order chi connectivity index (χ1) is 12.4. The number of rotatable bonds is 5. The first-order valence-corrected chi connectivity index (χ1v) is 8.34. The zero-order chi connectivity index (χ0) is 18.8. The van der Waals surface area contributed by atoms with Crippen molar-refractivity contribution in [2.24, 2.45) is 5.92 Å². The Kier molecular flexibility index (Phi) is 5.18. The number of aryl methyl sites for hydroxylation is 1. The average Bonchev–Trinajstić information content (AvgIpc) is 2.61. The molecule has 0 saturated heterocycles. The van der Waals surface area contributed by atoms with E-state index in [1.807, 2.05) is 0 Å². The first kappa shape index (κ1) is 18.3. The Morgan fingerprint density at radius 1 is 1.31 bits per heavy atom. The number of ether oxygens (including phenoxy) is 1. The van der Waals surface area contributed by atoms with Gasteiger partial charge >= 0.3 is 0 Å². The summed E-state index contributed by atoms with van der Waals surface area (Å²) in [6.07, 6.45) is 2.11. The molecular weight excluding hydrogens is 342 g/mol. The Labute approximate surface area is 150 Å². The molecule has 1 heterocycles. The van der Waals surface area contributed by atoms with Crippen molar-refractivity contribution in [3.63, 3.8) is 0 Å². The zero-order valence-electron chi connectivity index (χ0n) is 14.5. The number of benzene rings is 1. The highest BCUT2D eigenvalue weighted by molar-refractivity contribution is 5.95. The molecule has 1 unspecified atom stereocenters. The fourth-order valence-corrected chi connectivity index (χ4v) is 3.15. The Balaban J connectivity index is 1.88. The Morgan fingerprint density at radius 3 is 2.62 bits per heavy atom. The summed E-state index contributed by atoms with van der Waals surface area (Å²) in [5, 5.41) is 12.3. The third-order valence-corrected chi connectivity index (χ3v) is 4.75. The molecular formula is C19H20F2N2O3. The number of amides is 1. The number of halogens is 2. The van der Waals surface area contributed by atoms with E-state index in [1.54, 1.807) is 18.3 Å². The van der Waals surface area contributed by atoms with Crippen molar-refractivity contribution < 1.29 is 23.4 Å². The third-order valence-electron chi connectivity index (χ3n) is 4.75. The van der Waals surface area contributed by atoms with E-state index < -0.39 is 35.3 Å². The molecule has 2 N–H and O–H groups in total. The number of aliphatic hydroxyl groups is 1. The molecule has 2 aromatic rings. The van der Waals surface area contributed by atoms with Gasteiger partial charge in [-0.1, -0.05) is 12.1 Å². The fraction of sp³-hybridized carbons (Fsp3) is 0.368. The maximum atomic E-state index is 14.3. The van der Waals surface area contributed by atoms with Gasteiger partial charge in [-0.2, -0.15) is 0 Å². The smallest absolute Gasteiger partial charge is 0.257 e. The van der Waals surface area contributed by atoms with Crippen LogP contribution in [0.4, 0.5) is 8.78 Å². The number of nitrogens with zero attached hydrogens (tertiary/aromatic N) is 1. The predicted molar refractivity (Wildman–Crippen MR) is 90.8 cm³/mol. The Bertz CT molecular complexity index is 805. The lowest BCUT2D eigenvalue weighted by molar-refractivity contribution is 0.0233. The number of hydrogen-bond donors (Lipinski definition) is 2. The highest BCUT2D eigenvalue weighted by Crippen LogP contribution is 2.38. The standard InChI is InChI=1S/C19H20F2N2O3/c1-10-3-5-14(20)16(17(10)21)19(25)23-18(12-7-13(24)8-12)11-4-6-15(26-2)22-9-11/h3-6,9,12-13,18,24H,7-8H2,1-2H3,(H,23,25). The second-order valence-corrected chi connectivity index (χ2v) is 6.52. The number of hydrogen-bond acceptors (Lipinski definition) is 4. The van der Waals surface area contributed by atoms with Crippen LogP contribution in [0.25, 0.3) is 0 Å². The van der Waals surface area contributed by atoms with Gasteiger partial charge in [0.15, 0.2) is 0 Å². The van der Waals surface area contributed by atoms with Crippen LogP contribution in [-0.2, 0) is 0 Å². The average molecular weight is 362 g/mol. The maximum Gasteiger partial charge on any atom is 0.257 e. The van der Waals surface area contributed by atoms with Crippen LogP contribution in [0.3, 0.4) is 0 Å². The van der Waals surface area contributed by atoms with E-state index in [4.69, 9.17) is 4.74 Å². The summed E-state index contributed by atoms with van der Waals surface area (Å²) >= 11 is 0. The minimum Gasteiger partial charge on any atom is -0.481 e. The van der Waals surface area contributed by atoms with E-state index in [2.05, 4.69) is 10.3 Å². The van der Waals surface area contributed by atoms with Crippen LogP contribution in [0.5, 0.6) is 5.88 Å². The van der Waals surface area contributed by atoms with Gasteiger partial charge in [0.05, 0.1) is 19.3 Å². The predicted octanol–water partition coefficient (Wildman–Crippen LogP) is 2.92. The fourth-order valence-electron chi connectivity index (χ4n) is 3.15. The van der Waals surface area contributed by atoms with Gasteiger partial charge in [-0.05, 0) is 42.9 Å². The van der Waals surface area contributed by atoms with Crippen LogP contribution in [-0.4, -0.2) is 29.2 Å². The highest BCUT2D eigenvalue weighted by atomic mass is 19.1. The SMILES string of the molecule is COc1ccc(C(NC(=O)c2c(F)ccc(C)c2F)C2CC(O)C2)cn1. The normalized spacial score (nSPS) is 20.2. The van der Waals surface area contributed by atoms with Gasteiger partial charge in [-0.3, -0.25) is 4.79 Å². The molecule has 1 aromatic heterocycles. The van der Waals surface area contributed by atoms with Crippen molar-refractivity contribution in [2.75, 3.05) is 7.11 Å². The molecule has 1 aliphatic rings. The summed E-state index contributed by atoms with van der Waals surface area (Å²) in [4.78, 5) is 16.7. The number of methoxy groups -OCH3 is 1. The molecule has 26 heavy (non-hydrogen) atoms. The minimum atomic E-state index is -0.911. The van der Waals surface area contributed by atoms with Crippen LogP contribution >= 0.6 is 0 Å². The monoisotopic (exact) mass is 362 g/mol. The first-order valence-electron chi connectivity index (χ1n) is 8.34. The third kappa shape index (κ3) is 3.53. The summed E-state index contributed by atoms with van der Waals surface area (Å²) in [6.45, 7) is 1.47. The Hall–Kier alpha value is -2.54. The van der Waals surface area contributed by atoms with Crippen LogP contribution in [0.15, 0.2) is 30.5 Å². The Morgan fingerprint density at radius 2 is 2.04 bits per heavy atom. The summed E-state index contributed by atoms with van der Waals surface area (Å²) in [7, 11) is 1.49. The summed E-state index contributed by atoms with van der Waals surface area (Å²) in [6, 6.07) is 5.24. The number of pyridine rings is 1. The number of carbonyl (C=O) groups is 1. The summed E-state index contributed by atoms with van der Waals surface area (Å²) < 4.78 is 33.3. The highest BCUT2D eigenvalue weighted by Gasteiger charge is 2.36. The van der Waals surface area contributed by atoms with Gasteiger partial charge in [0.2, 0.25) is 5.88 Å². The molecule has 1 aromatic carbocycles. The zero-order valence-corrected chi connectivity index (χ0v) is 14.5. The summed E-state index contributed by atoms with van der Waals surface area (Å²) in [5.74, 6) is -2.23. The van der Waals surface area contributed by atoms with E-state index in [0.717, 1.165) is 6.07 Å². The van der Waals surface area contributed by atoms with Gasteiger partial charge < -0.3 is 15.2 Å². The number of carbonyl (C=O) groups excluding carboxylic acids is 1. The van der Waals surface area contributed by atoms with Crippen LogP contribution < -0.4 is 10.1 Å². The van der Waals surface area contributed by atoms with Gasteiger partial charge in [0, 0.05) is 12.3 Å². The van der Waals surface area contributed by atoms with Crippen LogP contribution in [0, 0.1) is 24.5 Å². The van der Waals surface area contributed by atoms with E-state index >= 15 is 0 Å². The van der Waals surface area contributed by atoms with Gasteiger partial charge in [-0.25, -0.2) is 13.8 Å². The van der Waals surface area contributed by atoms with E-state index in [-0.39, 0.29) is 11.5 Å². The molecule has 5 nitrogen and oxygen atoms in total. The maximum absolute atomic E-state index is 14.3. The van der Waals surface area contributed by atoms with Crippen molar-refractivity contribution in [1.82, 2.24) is 10.3 Å². The van der Waals surface area contributed by atoms with Crippen molar-refractivity contribution >= 4 is 5.91 Å². The molecule has 0 aliphatic heterocycles. The van der Waals surface area contributed by atoms with Crippen molar-refractivity contribution in [1.29, 1.82) is 0 Å². The molecule has 1 saturated carbocycles. The van der Waals surface area contributed by atoms with E-state index in [9.17, 15) is 18.7 Å². The largest absolute Gasteiger partial charge is 0.481 e. The van der Waals surface area contributed by atoms with Gasteiger partial charge in [0.1, 0.15) is 17.2 Å². The van der Waals surface area contributed by atoms with E-state index in [0.29, 0.717) is 24.3 Å². The molecule has 1 atom stereocenters. The lowest BCUT2D eigenvalue weighted by atomic mass is 9.75. The van der Waals surface area contributed by atoms with Gasteiger partial charge in [0.25, 0.3) is 5.91 Å².